The van der Waals surface area contributed by atoms with Crippen molar-refractivity contribution >= 4 is 5.91 Å². The average Bonchev–Trinajstić information content (AvgIpc) is 2.43. The van der Waals surface area contributed by atoms with E-state index in [9.17, 15) is 4.79 Å². The molecule has 0 aliphatic carbocycles. The molecular formula is C16H34N4O. The summed E-state index contributed by atoms with van der Waals surface area (Å²) in [6.45, 7) is 11.6. The quantitative estimate of drug-likeness (QED) is 0.621. The van der Waals surface area contributed by atoms with Gasteiger partial charge in [-0.15, -0.1) is 0 Å². The number of likely N-dealkylation sites (N-methyl/N-ethyl adjacent to an activating group) is 1. The van der Waals surface area contributed by atoms with Crippen molar-refractivity contribution in [3.63, 3.8) is 0 Å². The van der Waals surface area contributed by atoms with Crippen LogP contribution in [0.15, 0.2) is 0 Å². The van der Waals surface area contributed by atoms with Gasteiger partial charge in [0.05, 0.1) is 0 Å². The van der Waals surface area contributed by atoms with Crippen LogP contribution in [0.25, 0.3) is 0 Å². The standard InChI is InChI=1S/C16H34N4O/c1-16(2,7-8-17)6-5-15(21)18-9-4-10-20-13-11-19(3)12-14-20/h4-14,17H2,1-3H3,(H,18,21). The molecule has 0 aromatic carbocycles. The van der Waals surface area contributed by atoms with E-state index in [-0.39, 0.29) is 11.3 Å². The number of piperazine rings is 1. The molecule has 1 amide bonds. The van der Waals surface area contributed by atoms with Gasteiger partial charge in [0.25, 0.3) is 0 Å². The minimum absolute atomic E-state index is 0.173. The zero-order valence-electron chi connectivity index (χ0n) is 14.2. The van der Waals surface area contributed by atoms with Crippen LogP contribution in [0, 0.1) is 5.41 Å². The fourth-order valence-electron chi connectivity index (χ4n) is 2.66. The van der Waals surface area contributed by atoms with E-state index in [1.165, 1.54) is 0 Å². The van der Waals surface area contributed by atoms with E-state index in [2.05, 4.69) is 36.0 Å². The van der Waals surface area contributed by atoms with Crippen LogP contribution in [0.5, 0.6) is 0 Å². The van der Waals surface area contributed by atoms with Gasteiger partial charge in [0, 0.05) is 39.1 Å². The average molecular weight is 298 g/mol. The first-order valence-electron chi connectivity index (χ1n) is 8.30. The van der Waals surface area contributed by atoms with Crippen molar-refractivity contribution in [2.24, 2.45) is 11.1 Å². The fourth-order valence-corrected chi connectivity index (χ4v) is 2.66. The van der Waals surface area contributed by atoms with E-state index in [0.717, 1.165) is 58.5 Å². The summed E-state index contributed by atoms with van der Waals surface area (Å²) in [7, 11) is 2.17. The van der Waals surface area contributed by atoms with Gasteiger partial charge < -0.3 is 20.9 Å². The third kappa shape index (κ3) is 8.39. The first kappa shape index (κ1) is 18.4. The molecule has 0 saturated carbocycles. The molecule has 5 heteroatoms. The number of carbonyl (C=O) groups is 1. The molecule has 1 aliphatic heterocycles. The largest absolute Gasteiger partial charge is 0.356 e. The molecule has 0 unspecified atom stereocenters. The highest BCUT2D eigenvalue weighted by atomic mass is 16.1. The Bertz CT molecular complexity index is 299. The van der Waals surface area contributed by atoms with Crippen molar-refractivity contribution < 1.29 is 4.79 Å². The molecule has 1 aliphatic rings. The molecule has 124 valence electrons. The minimum atomic E-state index is 0.173. The minimum Gasteiger partial charge on any atom is -0.356 e. The van der Waals surface area contributed by atoms with Crippen LogP contribution >= 0.6 is 0 Å². The van der Waals surface area contributed by atoms with Gasteiger partial charge in [0.2, 0.25) is 5.91 Å². The SMILES string of the molecule is CN1CCN(CCCNC(=O)CCC(C)(C)CCN)CC1. The molecule has 0 atom stereocenters. The van der Waals surface area contributed by atoms with Gasteiger partial charge in [0.1, 0.15) is 0 Å². The van der Waals surface area contributed by atoms with Gasteiger partial charge in [0.15, 0.2) is 0 Å². The molecule has 5 nitrogen and oxygen atoms in total. The molecule has 0 radical (unpaired) electrons. The molecule has 0 aromatic rings. The van der Waals surface area contributed by atoms with E-state index in [1.54, 1.807) is 0 Å². The first-order chi connectivity index (χ1) is 9.93. The van der Waals surface area contributed by atoms with Crippen LogP contribution in [0.2, 0.25) is 0 Å². The Hall–Kier alpha value is -0.650. The van der Waals surface area contributed by atoms with Crippen molar-refractivity contribution in [1.82, 2.24) is 15.1 Å². The fraction of sp³-hybridized carbons (Fsp3) is 0.938. The topological polar surface area (TPSA) is 61.6 Å². The third-order valence-corrected chi connectivity index (χ3v) is 4.42. The number of carbonyl (C=O) groups excluding carboxylic acids is 1. The van der Waals surface area contributed by atoms with Crippen molar-refractivity contribution in [2.75, 3.05) is 52.9 Å². The highest BCUT2D eigenvalue weighted by Gasteiger charge is 2.18. The number of nitrogens with zero attached hydrogens (tertiary/aromatic N) is 2. The first-order valence-corrected chi connectivity index (χ1v) is 8.30. The lowest BCUT2D eigenvalue weighted by Gasteiger charge is -2.32. The van der Waals surface area contributed by atoms with E-state index in [0.29, 0.717) is 13.0 Å². The maximum absolute atomic E-state index is 11.8. The lowest BCUT2D eigenvalue weighted by molar-refractivity contribution is -0.121. The summed E-state index contributed by atoms with van der Waals surface area (Å²) in [4.78, 5) is 16.7. The van der Waals surface area contributed by atoms with E-state index >= 15 is 0 Å². The lowest BCUT2D eigenvalue weighted by Crippen LogP contribution is -2.45. The second kappa shape index (κ2) is 9.38. The summed E-state index contributed by atoms with van der Waals surface area (Å²) >= 11 is 0. The number of rotatable bonds is 9. The van der Waals surface area contributed by atoms with Crippen LogP contribution in [0.3, 0.4) is 0 Å². The Labute approximate surface area is 130 Å². The predicted molar refractivity (Wildman–Crippen MR) is 88.3 cm³/mol. The Kier molecular flexibility index (Phi) is 8.22. The molecule has 1 fully saturated rings. The van der Waals surface area contributed by atoms with Crippen molar-refractivity contribution in [3.05, 3.63) is 0 Å². The Morgan fingerprint density at radius 3 is 2.48 bits per heavy atom. The van der Waals surface area contributed by atoms with Crippen LogP contribution in [-0.2, 0) is 4.79 Å². The summed E-state index contributed by atoms with van der Waals surface area (Å²) in [5.41, 5.74) is 5.76. The normalized spacial score (nSPS) is 17.9. The van der Waals surface area contributed by atoms with Gasteiger partial charge in [-0.1, -0.05) is 13.8 Å². The van der Waals surface area contributed by atoms with Crippen LogP contribution in [-0.4, -0.2) is 68.6 Å². The molecule has 1 rings (SSSR count). The van der Waals surface area contributed by atoms with E-state index in [4.69, 9.17) is 5.73 Å². The van der Waals surface area contributed by atoms with Crippen LogP contribution < -0.4 is 11.1 Å². The number of hydrogen-bond acceptors (Lipinski definition) is 4. The molecule has 0 aromatic heterocycles. The van der Waals surface area contributed by atoms with Gasteiger partial charge in [-0.2, -0.15) is 0 Å². The summed E-state index contributed by atoms with van der Waals surface area (Å²) in [6, 6.07) is 0. The van der Waals surface area contributed by atoms with Crippen molar-refractivity contribution in [2.45, 2.75) is 39.5 Å². The molecule has 1 heterocycles. The van der Waals surface area contributed by atoms with Gasteiger partial charge >= 0.3 is 0 Å². The summed E-state index contributed by atoms with van der Waals surface area (Å²) < 4.78 is 0. The van der Waals surface area contributed by atoms with Crippen molar-refractivity contribution in [1.29, 1.82) is 0 Å². The van der Waals surface area contributed by atoms with Crippen LogP contribution in [0.4, 0.5) is 0 Å². The number of amides is 1. The Morgan fingerprint density at radius 2 is 1.86 bits per heavy atom. The third-order valence-electron chi connectivity index (χ3n) is 4.42. The van der Waals surface area contributed by atoms with E-state index in [1.807, 2.05) is 0 Å². The summed E-state index contributed by atoms with van der Waals surface area (Å²) in [5.74, 6) is 0.179. The van der Waals surface area contributed by atoms with Gasteiger partial charge in [-0.25, -0.2) is 0 Å². The number of nitrogens with one attached hydrogen (secondary N) is 1. The molecule has 0 spiro atoms. The zero-order chi connectivity index (χ0) is 15.7. The molecule has 0 bridgehead atoms. The predicted octanol–water partition coefficient (Wildman–Crippen LogP) is 0.895. The Balaban J connectivity index is 2.03. The number of hydrogen-bond donors (Lipinski definition) is 2. The second-order valence-electron chi connectivity index (χ2n) is 7.05. The summed E-state index contributed by atoms with van der Waals surface area (Å²) in [5, 5.41) is 3.04. The molecule has 21 heavy (non-hydrogen) atoms. The van der Waals surface area contributed by atoms with Crippen molar-refractivity contribution in [3.8, 4) is 0 Å². The maximum Gasteiger partial charge on any atom is 0.220 e. The zero-order valence-corrected chi connectivity index (χ0v) is 14.2. The molecule has 3 N–H and O–H groups in total. The maximum atomic E-state index is 11.8. The Morgan fingerprint density at radius 1 is 1.19 bits per heavy atom. The smallest absolute Gasteiger partial charge is 0.220 e. The molecular weight excluding hydrogens is 264 g/mol. The van der Waals surface area contributed by atoms with Crippen LogP contribution in [0.1, 0.15) is 39.5 Å². The monoisotopic (exact) mass is 298 g/mol. The summed E-state index contributed by atoms with van der Waals surface area (Å²) in [6.07, 6.45) is 3.54. The highest BCUT2D eigenvalue weighted by molar-refractivity contribution is 5.75. The van der Waals surface area contributed by atoms with E-state index < -0.39 is 0 Å². The van der Waals surface area contributed by atoms with Gasteiger partial charge in [-0.05, 0) is 44.8 Å². The second-order valence-corrected chi connectivity index (χ2v) is 7.05. The van der Waals surface area contributed by atoms with Gasteiger partial charge in [-0.3, -0.25) is 4.79 Å². The lowest BCUT2D eigenvalue weighted by atomic mass is 9.84. The highest BCUT2D eigenvalue weighted by Crippen LogP contribution is 2.25. The molecule has 1 saturated heterocycles. The number of nitrogens with two attached hydrogens (primary N) is 1.